The Morgan fingerprint density at radius 3 is 3.00 bits per heavy atom. The summed E-state index contributed by atoms with van der Waals surface area (Å²) in [4.78, 5) is 11.8. The van der Waals surface area contributed by atoms with Gasteiger partial charge in [0.2, 0.25) is 5.12 Å². The predicted molar refractivity (Wildman–Crippen MR) is 69.9 cm³/mol. The minimum absolute atomic E-state index is 0.0192. The van der Waals surface area contributed by atoms with E-state index >= 15 is 0 Å². The van der Waals surface area contributed by atoms with Crippen LogP contribution in [0.1, 0.15) is 6.42 Å². The van der Waals surface area contributed by atoms with Gasteiger partial charge in [-0.15, -0.1) is 0 Å². The third-order valence-electron chi connectivity index (χ3n) is 1.92. The normalized spacial score (nSPS) is 16.1. The number of carbonyl (C=O) groups is 1. The molecular weight excluding hydrogens is 267 g/mol. The zero-order valence-electron chi connectivity index (χ0n) is 8.83. The van der Waals surface area contributed by atoms with E-state index in [0.29, 0.717) is 34.4 Å². The SMILES string of the molecule is COCCSC(=O)C1=C(Cl)C=C(Cl)C=CC1. The first-order valence-corrected chi connectivity index (χ1v) is 6.47. The molecular formula is C11H12Cl2O2S. The molecule has 0 amide bonds. The van der Waals surface area contributed by atoms with Gasteiger partial charge < -0.3 is 4.74 Å². The third kappa shape index (κ3) is 4.34. The predicted octanol–water partition coefficient (Wildman–Crippen LogP) is 3.47. The first-order valence-electron chi connectivity index (χ1n) is 4.73. The summed E-state index contributed by atoms with van der Waals surface area (Å²) in [5.41, 5.74) is 0.592. The highest BCUT2D eigenvalue weighted by molar-refractivity contribution is 8.14. The molecule has 5 heteroatoms. The van der Waals surface area contributed by atoms with Crippen LogP contribution in [0, 0.1) is 0 Å². The Labute approximate surface area is 109 Å². The molecule has 1 aliphatic rings. The molecule has 2 nitrogen and oxygen atoms in total. The monoisotopic (exact) mass is 278 g/mol. The van der Waals surface area contributed by atoms with Gasteiger partial charge in [0, 0.05) is 28.5 Å². The summed E-state index contributed by atoms with van der Waals surface area (Å²) >= 11 is 13.0. The molecule has 0 bridgehead atoms. The lowest BCUT2D eigenvalue weighted by molar-refractivity contribution is -0.108. The molecule has 0 atom stereocenters. The van der Waals surface area contributed by atoms with Crippen LogP contribution in [0.4, 0.5) is 0 Å². The molecule has 0 aromatic rings. The Kier molecular flexibility index (Phi) is 6.21. The van der Waals surface area contributed by atoms with Gasteiger partial charge in [-0.3, -0.25) is 4.79 Å². The Morgan fingerprint density at radius 2 is 2.31 bits per heavy atom. The molecule has 88 valence electrons. The molecule has 0 saturated carbocycles. The summed E-state index contributed by atoms with van der Waals surface area (Å²) in [6.07, 6.45) is 5.68. The van der Waals surface area contributed by atoms with Crippen LogP contribution in [0.25, 0.3) is 0 Å². The van der Waals surface area contributed by atoms with Crippen molar-refractivity contribution < 1.29 is 9.53 Å². The Balaban J connectivity index is 2.67. The standard InChI is InChI=1S/C11H12Cl2O2S/c1-15-5-6-16-11(14)9-4-2-3-8(12)7-10(9)13/h2-3,7H,4-6H2,1H3. The van der Waals surface area contributed by atoms with Gasteiger partial charge in [-0.05, 0) is 18.6 Å². The fourth-order valence-electron chi connectivity index (χ4n) is 1.13. The Morgan fingerprint density at radius 1 is 1.56 bits per heavy atom. The van der Waals surface area contributed by atoms with Crippen molar-refractivity contribution in [2.24, 2.45) is 0 Å². The van der Waals surface area contributed by atoms with Crippen molar-refractivity contribution in [3.05, 3.63) is 33.9 Å². The molecule has 0 fully saturated rings. The van der Waals surface area contributed by atoms with Crippen molar-refractivity contribution in [1.82, 2.24) is 0 Å². The summed E-state index contributed by atoms with van der Waals surface area (Å²) < 4.78 is 4.88. The number of hydrogen-bond acceptors (Lipinski definition) is 3. The molecule has 1 aliphatic carbocycles. The van der Waals surface area contributed by atoms with E-state index in [1.54, 1.807) is 19.3 Å². The van der Waals surface area contributed by atoms with E-state index < -0.39 is 0 Å². The van der Waals surface area contributed by atoms with Crippen molar-refractivity contribution in [1.29, 1.82) is 0 Å². The van der Waals surface area contributed by atoms with Gasteiger partial charge >= 0.3 is 0 Å². The number of allylic oxidation sites excluding steroid dienone is 5. The molecule has 0 unspecified atom stereocenters. The number of rotatable bonds is 4. The molecule has 1 rings (SSSR count). The highest BCUT2D eigenvalue weighted by atomic mass is 35.5. The highest BCUT2D eigenvalue weighted by Gasteiger charge is 2.14. The zero-order valence-corrected chi connectivity index (χ0v) is 11.2. The van der Waals surface area contributed by atoms with Crippen LogP contribution in [0.5, 0.6) is 0 Å². The third-order valence-corrected chi connectivity index (χ3v) is 3.37. The van der Waals surface area contributed by atoms with Crippen LogP contribution in [0.3, 0.4) is 0 Å². The first kappa shape index (κ1) is 13.8. The van der Waals surface area contributed by atoms with E-state index in [0.717, 1.165) is 0 Å². The van der Waals surface area contributed by atoms with E-state index in [1.165, 1.54) is 11.8 Å². The number of thioether (sulfide) groups is 1. The summed E-state index contributed by atoms with van der Waals surface area (Å²) in [6.45, 7) is 0.549. The second-order valence-corrected chi connectivity index (χ2v) is 5.00. The largest absolute Gasteiger partial charge is 0.384 e. The molecule has 0 aliphatic heterocycles. The molecule has 0 saturated heterocycles. The molecule has 0 aromatic heterocycles. The summed E-state index contributed by atoms with van der Waals surface area (Å²) in [6, 6.07) is 0. The van der Waals surface area contributed by atoms with Crippen molar-refractivity contribution in [2.45, 2.75) is 6.42 Å². The van der Waals surface area contributed by atoms with Crippen molar-refractivity contribution in [2.75, 3.05) is 19.5 Å². The topological polar surface area (TPSA) is 26.3 Å². The summed E-state index contributed by atoms with van der Waals surface area (Å²) in [5, 5.41) is 0.939. The van der Waals surface area contributed by atoms with E-state index in [9.17, 15) is 4.79 Å². The first-order chi connectivity index (χ1) is 7.65. The zero-order chi connectivity index (χ0) is 12.0. The maximum Gasteiger partial charge on any atom is 0.217 e. The quantitative estimate of drug-likeness (QED) is 0.737. The number of carbonyl (C=O) groups excluding carboxylic acids is 1. The molecule has 0 spiro atoms. The van der Waals surface area contributed by atoms with Gasteiger partial charge in [0.05, 0.1) is 6.61 Å². The Hall–Kier alpha value is -0.220. The lowest BCUT2D eigenvalue weighted by Gasteiger charge is -2.04. The van der Waals surface area contributed by atoms with Gasteiger partial charge in [-0.2, -0.15) is 0 Å². The average molecular weight is 279 g/mol. The van der Waals surface area contributed by atoms with Crippen LogP contribution in [-0.2, 0) is 9.53 Å². The van der Waals surface area contributed by atoms with E-state index in [-0.39, 0.29) is 5.12 Å². The van der Waals surface area contributed by atoms with Crippen LogP contribution < -0.4 is 0 Å². The number of halogens is 2. The maximum absolute atomic E-state index is 11.8. The van der Waals surface area contributed by atoms with Crippen molar-refractivity contribution in [3.8, 4) is 0 Å². The van der Waals surface area contributed by atoms with Crippen LogP contribution >= 0.6 is 35.0 Å². The highest BCUT2D eigenvalue weighted by Crippen LogP contribution is 2.26. The lowest BCUT2D eigenvalue weighted by Crippen LogP contribution is -2.02. The van der Waals surface area contributed by atoms with Crippen LogP contribution in [-0.4, -0.2) is 24.6 Å². The Bertz CT molecular complexity index is 359. The molecule has 16 heavy (non-hydrogen) atoms. The van der Waals surface area contributed by atoms with Gasteiger partial charge in [0.15, 0.2) is 0 Å². The number of ether oxygens (including phenoxy) is 1. The number of hydrogen-bond donors (Lipinski definition) is 0. The smallest absolute Gasteiger partial charge is 0.217 e. The minimum Gasteiger partial charge on any atom is -0.384 e. The van der Waals surface area contributed by atoms with Gasteiger partial charge in [0.25, 0.3) is 0 Å². The van der Waals surface area contributed by atoms with Crippen molar-refractivity contribution in [3.63, 3.8) is 0 Å². The number of methoxy groups -OCH3 is 1. The van der Waals surface area contributed by atoms with Crippen molar-refractivity contribution >= 4 is 40.1 Å². The fourth-order valence-corrected chi connectivity index (χ4v) is 2.52. The van der Waals surface area contributed by atoms with E-state index in [2.05, 4.69) is 0 Å². The van der Waals surface area contributed by atoms with E-state index in [1.807, 2.05) is 6.08 Å². The fraction of sp³-hybridized carbons (Fsp3) is 0.364. The summed E-state index contributed by atoms with van der Waals surface area (Å²) in [7, 11) is 1.61. The van der Waals surface area contributed by atoms with Gasteiger partial charge in [-0.1, -0.05) is 41.0 Å². The van der Waals surface area contributed by atoms with E-state index in [4.69, 9.17) is 27.9 Å². The van der Waals surface area contributed by atoms with Crippen LogP contribution in [0.2, 0.25) is 0 Å². The minimum atomic E-state index is -0.0192. The summed E-state index contributed by atoms with van der Waals surface area (Å²) in [5.74, 6) is 0.629. The van der Waals surface area contributed by atoms with Crippen LogP contribution in [0.15, 0.2) is 33.9 Å². The second kappa shape index (κ2) is 7.17. The molecule has 0 N–H and O–H groups in total. The average Bonchev–Trinajstić information content (AvgIpc) is 2.39. The molecule has 0 radical (unpaired) electrons. The lowest BCUT2D eigenvalue weighted by atomic mass is 10.2. The second-order valence-electron chi connectivity index (χ2n) is 3.09. The molecule has 0 aromatic carbocycles. The maximum atomic E-state index is 11.8. The van der Waals surface area contributed by atoms with Gasteiger partial charge in [-0.25, -0.2) is 0 Å². The van der Waals surface area contributed by atoms with Gasteiger partial charge in [0.1, 0.15) is 0 Å². The molecule has 0 heterocycles.